The Morgan fingerprint density at radius 2 is 1.81 bits per heavy atom. The van der Waals surface area contributed by atoms with Crippen LogP contribution in [0.4, 0.5) is 11.4 Å². The van der Waals surface area contributed by atoms with Crippen LogP contribution < -0.4 is 19.7 Å². The minimum Gasteiger partial charge on any atom is -0.497 e. The fourth-order valence-electron chi connectivity index (χ4n) is 2.75. The van der Waals surface area contributed by atoms with E-state index in [0.29, 0.717) is 22.9 Å². The van der Waals surface area contributed by atoms with Gasteiger partial charge in [0.25, 0.3) is 5.91 Å². The summed E-state index contributed by atoms with van der Waals surface area (Å²) in [6.07, 6.45) is 3.76. The van der Waals surface area contributed by atoms with Crippen LogP contribution in [0.1, 0.15) is 37.2 Å². The second kappa shape index (κ2) is 9.65. The van der Waals surface area contributed by atoms with Crippen molar-refractivity contribution in [1.82, 2.24) is 4.98 Å². The van der Waals surface area contributed by atoms with E-state index >= 15 is 0 Å². The fourth-order valence-corrected chi connectivity index (χ4v) is 2.75. The van der Waals surface area contributed by atoms with Crippen molar-refractivity contribution in [3.05, 3.63) is 42.2 Å². The van der Waals surface area contributed by atoms with E-state index in [-0.39, 0.29) is 5.91 Å². The van der Waals surface area contributed by atoms with Crippen LogP contribution in [0, 0.1) is 0 Å². The predicted molar refractivity (Wildman–Crippen MR) is 105 cm³/mol. The van der Waals surface area contributed by atoms with Gasteiger partial charge in [-0.15, -0.1) is 0 Å². The van der Waals surface area contributed by atoms with Gasteiger partial charge in [-0.1, -0.05) is 13.8 Å². The van der Waals surface area contributed by atoms with Gasteiger partial charge < -0.3 is 19.7 Å². The molecule has 1 heterocycles. The summed E-state index contributed by atoms with van der Waals surface area (Å²) in [5.74, 6) is 0.917. The molecule has 0 aliphatic heterocycles. The zero-order valence-electron chi connectivity index (χ0n) is 15.9. The molecule has 26 heavy (non-hydrogen) atoms. The molecule has 6 heteroatoms. The molecule has 0 saturated carbocycles. The lowest BCUT2D eigenvalue weighted by molar-refractivity contribution is 0.102. The standard InChI is InChI=1S/C20H27N3O3/c1-5-11-23(12-6-2)15-9-10-21-18(13-15)20(24)22-17-14-16(25-3)7-8-19(17)26-4/h7-10,13-14H,5-6,11-12H2,1-4H3,(H,22,24). The van der Waals surface area contributed by atoms with Gasteiger partial charge in [0.05, 0.1) is 19.9 Å². The summed E-state index contributed by atoms with van der Waals surface area (Å²) >= 11 is 0. The fraction of sp³-hybridized carbons (Fsp3) is 0.400. The summed E-state index contributed by atoms with van der Waals surface area (Å²) in [6.45, 7) is 6.18. The van der Waals surface area contributed by atoms with Crippen LogP contribution in [-0.2, 0) is 0 Å². The molecular weight excluding hydrogens is 330 g/mol. The highest BCUT2D eigenvalue weighted by Crippen LogP contribution is 2.29. The minimum atomic E-state index is -0.286. The smallest absolute Gasteiger partial charge is 0.274 e. The molecule has 2 rings (SSSR count). The zero-order valence-corrected chi connectivity index (χ0v) is 15.9. The second-order valence-electron chi connectivity index (χ2n) is 5.91. The molecule has 0 radical (unpaired) electrons. The number of ether oxygens (including phenoxy) is 2. The number of anilines is 2. The molecule has 0 aliphatic carbocycles. The number of carbonyl (C=O) groups excluding carboxylic acids is 1. The number of hydrogen-bond acceptors (Lipinski definition) is 5. The number of nitrogens with one attached hydrogen (secondary N) is 1. The number of nitrogens with zero attached hydrogens (tertiary/aromatic N) is 2. The van der Waals surface area contributed by atoms with Gasteiger partial charge >= 0.3 is 0 Å². The van der Waals surface area contributed by atoms with Crippen LogP contribution in [-0.4, -0.2) is 38.2 Å². The summed E-state index contributed by atoms with van der Waals surface area (Å²) in [6, 6.07) is 9.02. The normalized spacial score (nSPS) is 10.3. The zero-order chi connectivity index (χ0) is 18.9. The van der Waals surface area contributed by atoms with E-state index in [1.54, 1.807) is 38.6 Å². The maximum absolute atomic E-state index is 12.7. The van der Waals surface area contributed by atoms with E-state index in [0.717, 1.165) is 31.6 Å². The van der Waals surface area contributed by atoms with Crippen LogP contribution in [0.25, 0.3) is 0 Å². The monoisotopic (exact) mass is 357 g/mol. The van der Waals surface area contributed by atoms with Crippen LogP contribution in [0.15, 0.2) is 36.5 Å². The van der Waals surface area contributed by atoms with E-state index < -0.39 is 0 Å². The van der Waals surface area contributed by atoms with Crippen LogP contribution >= 0.6 is 0 Å². The first-order valence-corrected chi connectivity index (χ1v) is 8.87. The number of amides is 1. The molecule has 0 aliphatic rings. The molecule has 0 atom stereocenters. The van der Waals surface area contributed by atoms with Gasteiger partial charge in [0.1, 0.15) is 17.2 Å². The van der Waals surface area contributed by atoms with Gasteiger partial charge in [-0.25, -0.2) is 0 Å². The highest BCUT2D eigenvalue weighted by Gasteiger charge is 2.14. The van der Waals surface area contributed by atoms with Crippen molar-refractivity contribution in [3.63, 3.8) is 0 Å². The van der Waals surface area contributed by atoms with E-state index in [2.05, 4.69) is 29.0 Å². The summed E-state index contributed by atoms with van der Waals surface area (Å²) in [5, 5.41) is 2.86. The van der Waals surface area contributed by atoms with Gasteiger partial charge in [0.2, 0.25) is 0 Å². The topological polar surface area (TPSA) is 63.7 Å². The second-order valence-corrected chi connectivity index (χ2v) is 5.91. The van der Waals surface area contributed by atoms with Crippen molar-refractivity contribution < 1.29 is 14.3 Å². The number of methoxy groups -OCH3 is 2. The molecule has 0 unspecified atom stereocenters. The Balaban J connectivity index is 2.24. The van der Waals surface area contributed by atoms with Gasteiger partial charge in [-0.3, -0.25) is 9.78 Å². The molecule has 0 saturated heterocycles. The average Bonchev–Trinajstić information content (AvgIpc) is 2.67. The van der Waals surface area contributed by atoms with Crippen molar-refractivity contribution in [1.29, 1.82) is 0 Å². The van der Waals surface area contributed by atoms with E-state index in [9.17, 15) is 4.79 Å². The SMILES string of the molecule is CCCN(CCC)c1ccnc(C(=O)Nc2cc(OC)ccc2OC)c1. The van der Waals surface area contributed by atoms with Crippen molar-refractivity contribution in [2.75, 3.05) is 37.5 Å². The quantitative estimate of drug-likeness (QED) is 0.735. The number of rotatable bonds is 9. The summed E-state index contributed by atoms with van der Waals surface area (Å²) in [5.41, 5.74) is 1.92. The number of aromatic nitrogens is 1. The molecule has 0 bridgehead atoms. The van der Waals surface area contributed by atoms with Gasteiger partial charge in [0.15, 0.2) is 0 Å². The average molecular weight is 357 g/mol. The molecule has 6 nitrogen and oxygen atoms in total. The molecule has 1 aromatic carbocycles. The Hall–Kier alpha value is -2.76. The Labute approximate surface area is 155 Å². The van der Waals surface area contributed by atoms with Crippen LogP contribution in [0.3, 0.4) is 0 Å². The minimum absolute atomic E-state index is 0.286. The molecular formula is C20H27N3O3. The summed E-state index contributed by atoms with van der Waals surface area (Å²) in [7, 11) is 3.14. The molecule has 140 valence electrons. The third kappa shape index (κ3) is 4.88. The predicted octanol–water partition coefficient (Wildman–Crippen LogP) is 3.98. The van der Waals surface area contributed by atoms with E-state index in [1.807, 2.05) is 12.1 Å². The first-order valence-electron chi connectivity index (χ1n) is 8.87. The van der Waals surface area contributed by atoms with Gasteiger partial charge in [-0.2, -0.15) is 0 Å². The lowest BCUT2D eigenvalue weighted by atomic mass is 10.2. The lowest BCUT2D eigenvalue weighted by Gasteiger charge is -2.24. The Morgan fingerprint density at radius 3 is 2.42 bits per heavy atom. The van der Waals surface area contributed by atoms with Crippen LogP contribution in [0.2, 0.25) is 0 Å². The molecule has 0 spiro atoms. The molecule has 0 fully saturated rings. The molecule has 1 amide bonds. The maximum atomic E-state index is 12.7. The third-order valence-electron chi connectivity index (χ3n) is 3.98. The summed E-state index contributed by atoms with van der Waals surface area (Å²) < 4.78 is 10.5. The molecule has 1 N–H and O–H groups in total. The maximum Gasteiger partial charge on any atom is 0.274 e. The van der Waals surface area contributed by atoms with E-state index in [4.69, 9.17) is 9.47 Å². The Bertz CT molecular complexity index is 728. The first kappa shape index (κ1) is 19.6. The first-order chi connectivity index (χ1) is 12.6. The van der Waals surface area contributed by atoms with Crippen LogP contribution in [0.5, 0.6) is 11.5 Å². The van der Waals surface area contributed by atoms with Crippen molar-refractivity contribution in [3.8, 4) is 11.5 Å². The van der Waals surface area contributed by atoms with Gasteiger partial charge in [-0.05, 0) is 37.1 Å². The van der Waals surface area contributed by atoms with Crippen molar-refractivity contribution in [2.45, 2.75) is 26.7 Å². The molecule has 1 aromatic heterocycles. The van der Waals surface area contributed by atoms with E-state index in [1.165, 1.54) is 0 Å². The Morgan fingerprint density at radius 1 is 1.08 bits per heavy atom. The van der Waals surface area contributed by atoms with Crippen molar-refractivity contribution in [2.24, 2.45) is 0 Å². The largest absolute Gasteiger partial charge is 0.497 e. The lowest BCUT2D eigenvalue weighted by Crippen LogP contribution is -2.25. The highest BCUT2D eigenvalue weighted by atomic mass is 16.5. The summed E-state index contributed by atoms with van der Waals surface area (Å²) in [4.78, 5) is 19.2. The van der Waals surface area contributed by atoms with Crippen molar-refractivity contribution >= 4 is 17.3 Å². The molecule has 2 aromatic rings. The number of carbonyl (C=O) groups is 1. The van der Waals surface area contributed by atoms with Gasteiger partial charge in [0, 0.05) is 31.0 Å². The third-order valence-corrected chi connectivity index (χ3v) is 3.98. The number of pyridine rings is 1. The highest BCUT2D eigenvalue weighted by molar-refractivity contribution is 6.04. The Kier molecular flexibility index (Phi) is 7.26. The number of hydrogen-bond donors (Lipinski definition) is 1. The number of benzene rings is 1.